The summed E-state index contributed by atoms with van der Waals surface area (Å²) < 4.78 is 11.2. The molecule has 1 aliphatic rings. The van der Waals surface area contributed by atoms with Crippen molar-refractivity contribution in [3.8, 4) is 21.9 Å². The van der Waals surface area contributed by atoms with Gasteiger partial charge in [0.25, 0.3) is 5.91 Å². The van der Waals surface area contributed by atoms with Gasteiger partial charge in [-0.2, -0.15) is 0 Å². The van der Waals surface area contributed by atoms with E-state index in [1.54, 1.807) is 0 Å². The molecule has 1 amide bonds. The van der Waals surface area contributed by atoms with Crippen LogP contribution >= 0.6 is 11.3 Å². The molecular weight excluding hydrogens is 336 g/mol. The lowest BCUT2D eigenvalue weighted by molar-refractivity contribution is 0.0887. The zero-order valence-electron chi connectivity index (χ0n) is 14.8. The van der Waals surface area contributed by atoms with Crippen molar-refractivity contribution >= 4 is 17.2 Å². The van der Waals surface area contributed by atoms with Gasteiger partial charge in [-0.15, -0.1) is 11.3 Å². The first kappa shape index (κ1) is 17.8. The number of benzene rings is 1. The molecule has 1 aliphatic heterocycles. The molecule has 25 heavy (non-hydrogen) atoms. The highest BCUT2D eigenvalue weighted by atomic mass is 32.1. The van der Waals surface area contributed by atoms with Crippen molar-refractivity contribution in [1.82, 2.24) is 5.32 Å². The molecule has 134 valence electrons. The molecule has 0 radical (unpaired) electrons. The Morgan fingerprint density at radius 1 is 1.24 bits per heavy atom. The highest BCUT2D eigenvalue weighted by molar-refractivity contribution is 7.17. The topological polar surface area (TPSA) is 73.6 Å². The van der Waals surface area contributed by atoms with Crippen molar-refractivity contribution < 1.29 is 14.3 Å². The quantitative estimate of drug-likeness (QED) is 0.858. The van der Waals surface area contributed by atoms with Crippen LogP contribution in [0.25, 0.3) is 10.4 Å². The number of carbonyl (C=O) groups is 1. The zero-order valence-corrected chi connectivity index (χ0v) is 15.6. The first-order chi connectivity index (χ1) is 11.9. The van der Waals surface area contributed by atoms with Crippen molar-refractivity contribution in [2.24, 2.45) is 11.7 Å². The minimum absolute atomic E-state index is 0.0876. The van der Waals surface area contributed by atoms with Gasteiger partial charge in [0.15, 0.2) is 11.5 Å². The molecule has 0 saturated heterocycles. The monoisotopic (exact) mass is 360 g/mol. The van der Waals surface area contributed by atoms with Crippen LogP contribution in [0, 0.1) is 5.92 Å². The lowest BCUT2D eigenvalue weighted by atomic mass is 9.88. The number of rotatable bonds is 5. The number of hydrogen-bond donors (Lipinski definition) is 2. The highest BCUT2D eigenvalue weighted by Gasteiger charge is 2.29. The maximum Gasteiger partial charge on any atom is 0.261 e. The molecule has 6 heteroatoms. The van der Waals surface area contributed by atoms with E-state index in [0.29, 0.717) is 24.6 Å². The van der Waals surface area contributed by atoms with Gasteiger partial charge in [0.05, 0.1) is 10.4 Å². The van der Waals surface area contributed by atoms with E-state index in [1.807, 2.05) is 37.3 Å². The second kappa shape index (κ2) is 7.06. The summed E-state index contributed by atoms with van der Waals surface area (Å²) in [5.41, 5.74) is 6.45. The van der Waals surface area contributed by atoms with E-state index in [1.165, 1.54) is 11.3 Å². The van der Waals surface area contributed by atoms with Gasteiger partial charge in [-0.3, -0.25) is 4.79 Å². The number of carbonyl (C=O) groups excluding carboxylic acids is 1. The normalized spacial score (nSPS) is 15.7. The van der Waals surface area contributed by atoms with Gasteiger partial charge in [-0.25, -0.2) is 0 Å². The van der Waals surface area contributed by atoms with Gasteiger partial charge in [-0.05, 0) is 48.7 Å². The molecule has 0 saturated carbocycles. The summed E-state index contributed by atoms with van der Waals surface area (Å²) in [5, 5.41) is 3.08. The van der Waals surface area contributed by atoms with Crippen LogP contribution in [-0.4, -0.2) is 31.2 Å². The van der Waals surface area contributed by atoms with E-state index in [9.17, 15) is 4.79 Å². The predicted octanol–water partition coefficient (Wildman–Crippen LogP) is 3.29. The third-order valence-corrected chi connectivity index (χ3v) is 5.89. The summed E-state index contributed by atoms with van der Waals surface area (Å²) in [4.78, 5) is 14.3. The van der Waals surface area contributed by atoms with Gasteiger partial charge in [0.2, 0.25) is 0 Å². The third kappa shape index (κ3) is 3.65. The van der Waals surface area contributed by atoms with Crippen molar-refractivity contribution in [2.75, 3.05) is 19.8 Å². The SMILES string of the molecule is CC(C)C(C)(CN)NC(=O)c1ccc(-c2ccc3c(c2)OCCO3)s1. The van der Waals surface area contributed by atoms with Crippen molar-refractivity contribution in [2.45, 2.75) is 26.3 Å². The number of hydrogen-bond acceptors (Lipinski definition) is 5. The van der Waals surface area contributed by atoms with Crippen LogP contribution in [0.15, 0.2) is 30.3 Å². The maximum absolute atomic E-state index is 12.6. The van der Waals surface area contributed by atoms with E-state index in [2.05, 4.69) is 19.2 Å². The summed E-state index contributed by atoms with van der Waals surface area (Å²) in [5.74, 6) is 1.67. The molecule has 5 nitrogen and oxygen atoms in total. The van der Waals surface area contributed by atoms with E-state index in [4.69, 9.17) is 15.2 Å². The molecule has 0 fully saturated rings. The number of nitrogens with one attached hydrogen (secondary N) is 1. The maximum atomic E-state index is 12.6. The fourth-order valence-electron chi connectivity index (χ4n) is 2.56. The first-order valence-electron chi connectivity index (χ1n) is 8.45. The van der Waals surface area contributed by atoms with Crippen LogP contribution in [0.4, 0.5) is 0 Å². The second-order valence-corrected chi connectivity index (χ2v) is 7.84. The van der Waals surface area contributed by atoms with Gasteiger partial charge in [-0.1, -0.05) is 13.8 Å². The molecule has 1 atom stereocenters. The van der Waals surface area contributed by atoms with Gasteiger partial charge in [0, 0.05) is 11.4 Å². The number of thiophene rings is 1. The van der Waals surface area contributed by atoms with E-state index >= 15 is 0 Å². The molecule has 0 spiro atoms. The smallest absolute Gasteiger partial charge is 0.261 e. The largest absolute Gasteiger partial charge is 0.486 e. The summed E-state index contributed by atoms with van der Waals surface area (Å²) in [6.45, 7) is 7.62. The molecule has 0 bridgehead atoms. The number of amides is 1. The Hall–Kier alpha value is -2.05. The Labute approximate surface area is 152 Å². The second-order valence-electron chi connectivity index (χ2n) is 6.75. The van der Waals surface area contributed by atoms with Crippen LogP contribution in [-0.2, 0) is 0 Å². The Kier molecular flexibility index (Phi) is 5.01. The van der Waals surface area contributed by atoms with E-state index in [0.717, 1.165) is 21.9 Å². The average Bonchev–Trinajstić information content (AvgIpc) is 3.11. The van der Waals surface area contributed by atoms with Gasteiger partial charge >= 0.3 is 0 Å². The van der Waals surface area contributed by atoms with Crippen molar-refractivity contribution in [3.05, 3.63) is 35.2 Å². The van der Waals surface area contributed by atoms with Crippen LogP contribution in [0.1, 0.15) is 30.4 Å². The molecule has 1 unspecified atom stereocenters. The Bertz CT molecular complexity index is 772. The van der Waals surface area contributed by atoms with Crippen molar-refractivity contribution in [3.63, 3.8) is 0 Å². The number of nitrogens with two attached hydrogens (primary N) is 1. The lowest BCUT2D eigenvalue weighted by Crippen LogP contribution is -2.54. The van der Waals surface area contributed by atoms with E-state index in [-0.39, 0.29) is 11.8 Å². The summed E-state index contributed by atoms with van der Waals surface area (Å²) in [6.07, 6.45) is 0. The summed E-state index contributed by atoms with van der Waals surface area (Å²) >= 11 is 1.46. The minimum atomic E-state index is -0.418. The molecule has 3 N–H and O–H groups in total. The van der Waals surface area contributed by atoms with Crippen LogP contribution in [0.2, 0.25) is 0 Å². The van der Waals surface area contributed by atoms with Gasteiger partial charge < -0.3 is 20.5 Å². The Morgan fingerprint density at radius 3 is 2.64 bits per heavy atom. The zero-order chi connectivity index (χ0) is 18.0. The van der Waals surface area contributed by atoms with Crippen LogP contribution in [0.5, 0.6) is 11.5 Å². The molecule has 1 aromatic carbocycles. The van der Waals surface area contributed by atoms with Crippen molar-refractivity contribution in [1.29, 1.82) is 0 Å². The standard InChI is InChI=1S/C19H24N2O3S/c1-12(2)19(3,11-20)21-18(22)17-7-6-16(25-17)13-4-5-14-15(10-13)24-9-8-23-14/h4-7,10,12H,8-9,11,20H2,1-3H3,(H,21,22). The fraction of sp³-hybridized carbons (Fsp3) is 0.421. The third-order valence-electron chi connectivity index (χ3n) is 4.75. The molecule has 1 aromatic heterocycles. The van der Waals surface area contributed by atoms with Gasteiger partial charge in [0.1, 0.15) is 13.2 Å². The minimum Gasteiger partial charge on any atom is -0.486 e. The summed E-state index contributed by atoms with van der Waals surface area (Å²) in [7, 11) is 0. The number of ether oxygens (including phenoxy) is 2. The summed E-state index contributed by atoms with van der Waals surface area (Å²) in [6, 6.07) is 9.66. The van der Waals surface area contributed by atoms with E-state index < -0.39 is 5.54 Å². The number of fused-ring (bicyclic) bond motifs is 1. The first-order valence-corrected chi connectivity index (χ1v) is 9.27. The lowest BCUT2D eigenvalue weighted by Gasteiger charge is -2.33. The van der Waals surface area contributed by atoms with Crippen LogP contribution in [0.3, 0.4) is 0 Å². The Morgan fingerprint density at radius 2 is 1.96 bits per heavy atom. The highest BCUT2D eigenvalue weighted by Crippen LogP contribution is 2.37. The molecule has 2 heterocycles. The molecular formula is C19H24N2O3S. The average molecular weight is 360 g/mol. The Balaban J connectivity index is 1.79. The fourth-order valence-corrected chi connectivity index (χ4v) is 3.46. The van der Waals surface area contributed by atoms with Crippen LogP contribution < -0.4 is 20.5 Å². The molecule has 2 aromatic rings. The predicted molar refractivity (Wildman–Crippen MR) is 101 cm³/mol. The molecule has 0 aliphatic carbocycles. The molecule has 3 rings (SSSR count).